The minimum absolute atomic E-state index is 0.102. The van der Waals surface area contributed by atoms with Crippen LogP contribution < -0.4 is 0 Å². The molecule has 4 bridgehead atoms. The number of rotatable bonds is 4. The number of carbonyl (C=O) groups is 1. The van der Waals surface area contributed by atoms with Gasteiger partial charge in [0.1, 0.15) is 6.61 Å². The summed E-state index contributed by atoms with van der Waals surface area (Å²) < 4.78 is 38.8. The molecule has 7 heteroatoms. The third-order valence-corrected chi connectivity index (χ3v) is 5.38. The first kappa shape index (κ1) is 13.2. The van der Waals surface area contributed by atoms with E-state index in [2.05, 4.69) is 4.74 Å². The van der Waals surface area contributed by atoms with Crippen molar-refractivity contribution < 1.29 is 27.2 Å². The van der Waals surface area contributed by atoms with Crippen molar-refractivity contribution in [1.29, 1.82) is 0 Å². The van der Waals surface area contributed by atoms with Gasteiger partial charge >= 0.3 is 16.3 Å². The van der Waals surface area contributed by atoms with Gasteiger partial charge in [0.2, 0.25) is 5.94 Å². The van der Waals surface area contributed by atoms with Crippen LogP contribution in [0.1, 0.15) is 32.1 Å². The summed E-state index contributed by atoms with van der Waals surface area (Å²) >= 11 is 0. The molecule has 2 unspecified atom stereocenters. The van der Waals surface area contributed by atoms with Crippen LogP contribution in [0.4, 0.5) is 4.79 Å². The third kappa shape index (κ3) is 2.58. The van der Waals surface area contributed by atoms with Gasteiger partial charge in [-0.2, -0.15) is 8.42 Å². The van der Waals surface area contributed by atoms with Crippen molar-refractivity contribution in [2.75, 3.05) is 12.5 Å². The maximum Gasteiger partial charge on any atom is 0.509 e. The number of hydrogen-bond acceptors (Lipinski definition) is 5. The third-order valence-electron chi connectivity index (χ3n) is 4.96. The minimum atomic E-state index is -4.30. The monoisotopic (exact) mass is 290 g/mol. The lowest BCUT2D eigenvalue weighted by atomic mass is 9.76. The Labute approximate surface area is 112 Å². The Balaban J connectivity index is 1.52. The first-order valence-electron chi connectivity index (χ1n) is 6.61. The van der Waals surface area contributed by atoms with Crippen molar-refractivity contribution in [2.24, 2.45) is 23.2 Å². The average molecular weight is 290 g/mol. The SMILES string of the molecule is O=C(OCC12CC3CC(CC1C3)C2)OCS(=O)(=O)O. The Hall–Kier alpha value is -0.820. The van der Waals surface area contributed by atoms with Crippen LogP contribution in [-0.4, -0.2) is 31.7 Å². The molecule has 0 aliphatic heterocycles. The smallest absolute Gasteiger partial charge is 0.434 e. The van der Waals surface area contributed by atoms with Gasteiger partial charge in [-0.1, -0.05) is 0 Å². The van der Waals surface area contributed by atoms with E-state index in [1.807, 2.05) is 0 Å². The van der Waals surface area contributed by atoms with Gasteiger partial charge in [-0.05, 0) is 49.9 Å². The molecule has 6 nitrogen and oxygen atoms in total. The van der Waals surface area contributed by atoms with E-state index >= 15 is 0 Å². The highest BCUT2D eigenvalue weighted by molar-refractivity contribution is 7.85. The largest absolute Gasteiger partial charge is 0.509 e. The van der Waals surface area contributed by atoms with E-state index < -0.39 is 22.2 Å². The fourth-order valence-corrected chi connectivity index (χ4v) is 4.81. The Morgan fingerprint density at radius 3 is 2.37 bits per heavy atom. The number of ether oxygens (including phenoxy) is 2. The normalized spacial score (nSPS) is 39.5. The standard InChI is InChI=1S/C12H18O6S/c13-11(18-7-19(14,15)16)17-6-12-4-8-1-9(5-12)3-10(12)2-8/h8-10H,1-7H2,(H,14,15,16). The predicted molar refractivity (Wildman–Crippen MR) is 64.8 cm³/mol. The molecule has 0 aromatic rings. The van der Waals surface area contributed by atoms with E-state index in [0.29, 0.717) is 12.5 Å². The summed E-state index contributed by atoms with van der Waals surface area (Å²) in [6, 6.07) is 0. The topological polar surface area (TPSA) is 89.9 Å². The molecule has 0 aromatic heterocycles. The van der Waals surface area contributed by atoms with Crippen LogP contribution in [0, 0.1) is 23.2 Å². The number of hydrogen-bond donors (Lipinski definition) is 1. The van der Waals surface area contributed by atoms with Gasteiger partial charge in [0.05, 0.1) is 0 Å². The molecule has 1 N–H and O–H groups in total. The Morgan fingerprint density at radius 1 is 1.16 bits per heavy atom. The summed E-state index contributed by atoms with van der Waals surface area (Å²) in [5.41, 5.74) is 0.102. The molecule has 0 radical (unpaired) electrons. The summed E-state index contributed by atoms with van der Waals surface area (Å²) in [5.74, 6) is 1.14. The second-order valence-corrected chi connectivity index (χ2v) is 7.69. The molecule has 4 saturated carbocycles. The van der Waals surface area contributed by atoms with Gasteiger partial charge < -0.3 is 9.47 Å². The van der Waals surface area contributed by atoms with Crippen molar-refractivity contribution in [3.63, 3.8) is 0 Å². The molecule has 2 atom stereocenters. The molecule has 0 saturated heterocycles. The lowest BCUT2D eigenvalue weighted by molar-refractivity contribution is 0.0169. The van der Waals surface area contributed by atoms with Crippen LogP contribution in [0.5, 0.6) is 0 Å². The highest BCUT2D eigenvalue weighted by atomic mass is 32.2. The fraction of sp³-hybridized carbons (Fsp3) is 0.917. The fourth-order valence-electron chi connectivity index (χ4n) is 4.57. The summed E-state index contributed by atoms with van der Waals surface area (Å²) in [6.45, 7) is 0.314. The summed E-state index contributed by atoms with van der Waals surface area (Å²) in [6.07, 6.45) is 4.99. The molecule has 4 fully saturated rings. The first-order chi connectivity index (χ1) is 8.86. The molecule has 0 amide bonds. The maximum absolute atomic E-state index is 11.3. The van der Waals surface area contributed by atoms with E-state index in [-0.39, 0.29) is 5.41 Å². The van der Waals surface area contributed by atoms with Crippen molar-refractivity contribution in [3.05, 3.63) is 0 Å². The number of carbonyl (C=O) groups excluding carboxylic acids is 1. The zero-order valence-electron chi connectivity index (χ0n) is 10.6. The molecular weight excluding hydrogens is 272 g/mol. The molecule has 4 aliphatic carbocycles. The second kappa shape index (κ2) is 4.34. The van der Waals surface area contributed by atoms with Crippen LogP contribution in [0.25, 0.3) is 0 Å². The van der Waals surface area contributed by atoms with Gasteiger partial charge in [-0.15, -0.1) is 0 Å². The zero-order valence-corrected chi connectivity index (χ0v) is 11.4. The highest BCUT2D eigenvalue weighted by Gasteiger charge is 2.58. The molecule has 0 aromatic carbocycles. The predicted octanol–water partition coefficient (Wildman–Crippen LogP) is 1.81. The van der Waals surface area contributed by atoms with Crippen LogP contribution in [0.3, 0.4) is 0 Å². The van der Waals surface area contributed by atoms with Crippen molar-refractivity contribution >= 4 is 16.3 Å². The van der Waals surface area contributed by atoms with E-state index in [9.17, 15) is 13.2 Å². The van der Waals surface area contributed by atoms with Crippen LogP contribution in [0.2, 0.25) is 0 Å². The maximum atomic E-state index is 11.3. The van der Waals surface area contributed by atoms with Crippen molar-refractivity contribution in [2.45, 2.75) is 32.1 Å². The average Bonchev–Trinajstić information content (AvgIpc) is 2.69. The Morgan fingerprint density at radius 2 is 1.79 bits per heavy atom. The summed E-state index contributed by atoms with van der Waals surface area (Å²) in [5, 5.41) is 0. The first-order valence-corrected chi connectivity index (χ1v) is 8.22. The molecule has 108 valence electrons. The van der Waals surface area contributed by atoms with E-state index in [1.165, 1.54) is 19.3 Å². The highest BCUT2D eigenvalue weighted by Crippen LogP contribution is 2.65. The molecule has 19 heavy (non-hydrogen) atoms. The van der Waals surface area contributed by atoms with Gasteiger partial charge in [-0.25, -0.2) is 4.79 Å². The quantitative estimate of drug-likeness (QED) is 0.627. The van der Waals surface area contributed by atoms with Crippen LogP contribution >= 0.6 is 0 Å². The lowest BCUT2D eigenvalue weighted by Crippen LogP contribution is -2.30. The van der Waals surface area contributed by atoms with Gasteiger partial charge in [0.25, 0.3) is 0 Å². The van der Waals surface area contributed by atoms with Crippen LogP contribution in [-0.2, 0) is 19.6 Å². The zero-order chi connectivity index (χ0) is 13.7. The second-order valence-electron chi connectivity index (χ2n) is 6.29. The molecule has 0 heterocycles. The summed E-state index contributed by atoms with van der Waals surface area (Å²) in [7, 11) is -4.30. The lowest BCUT2D eigenvalue weighted by Gasteiger charge is -2.31. The minimum Gasteiger partial charge on any atom is -0.434 e. The van der Waals surface area contributed by atoms with Gasteiger partial charge in [0, 0.05) is 5.41 Å². The molecule has 4 rings (SSSR count). The van der Waals surface area contributed by atoms with Crippen LogP contribution in [0.15, 0.2) is 0 Å². The van der Waals surface area contributed by atoms with Crippen molar-refractivity contribution in [1.82, 2.24) is 0 Å². The molecular formula is C12H18O6S. The van der Waals surface area contributed by atoms with E-state index in [4.69, 9.17) is 9.29 Å². The van der Waals surface area contributed by atoms with E-state index in [0.717, 1.165) is 24.7 Å². The molecule has 0 spiro atoms. The Kier molecular flexibility index (Phi) is 3.01. The summed E-state index contributed by atoms with van der Waals surface area (Å²) in [4.78, 5) is 11.3. The van der Waals surface area contributed by atoms with E-state index in [1.54, 1.807) is 0 Å². The Bertz CT molecular complexity index is 470. The van der Waals surface area contributed by atoms with Crippen molar-refractivity contribution in [3.8, 4) is 0 Å². The van der Waals surface area contributed by atoms with Gasteiger partial charge in [0.15, 0.2) is 0 Å². The molecule has 4 aliphatic rings. The van der Waals surface area contributed by atoms with Gasteiger partial charge in [-0.3, -0.25) is 4.55 Å².